The van der Waals surface area contributed by atoms with Crippen molar-refractivity contribution >= 4 is 23.2 Å². The maximum atomic E-state index is 12.0. The van der Waals surface area contributed by atoms with Crippen LogP contribution >= 0.6 is 11.6 Å². The van der Waals surface area contributed by atoms with Crippen molar-refractivity contribution in [2.24, 2.45) is 5.92 Å². The Kier molecular flexibility index (Phi) is 4.04. The van der Waals surface area contributed by atoms with Crippen molar-refractivity contribution < 1.29 is 9.72 Å². The molecular weight excluding hydrogens is 268 g/mol. The van der Waals surface area contributed by atoms with Gasteiger partial charge in [-0.25, -0.2) is 0 Å². The molecule has 0 saturated heterocycles. The van der Waals surface area contributed by atoms with Crippen LogP contribution in [0.15, 0.2) is 18.2 Å². The standard InChI is InChI=1S/C13H15ClN2O3/c1-8-6-10(16(18)19)4-5-11(8)13(17)15-7-12(14)9-2-3-9/h4-6,9,12H,2-3,7H2,1H3,(H,15,17). The highest BCUT2D eigenvalue weighted by atomic mass is 35.5. The van der Waals surface area contributed by atoms with Crippen LogP contribution in [0.1, 0.15) is 28.8 Å². The number of nitrogens with zero attached hydrogens (tertiary/aromatic N) is 1. The molecule has 1 aliphatic rings. The summed E-state index contributed by atoms with van der Waals surface area (Å²) in [6, 6.07) is 4.21. The zero-order chi connectivity index (χ0) is 14.0. The topological polar surface area (TPSA) is 72.2 Å². The van der Waals surface area contributed by atoms with E-state index in [0.29, 0.717) is 23.6 Å². The molecule has 1 unspecified atom stereocenters. The second kappa shape index (κ2) is 5.57. The van der Waals surface area contributed by atoms with Crippen LogP contribution < -0.4 is 5.32 Å². The highest BCUT2D eigenvalue weighted by Crippen LogP contribution is 2.35. The normalized spacial score (nSPS) is 15.9. The van der Waals surface area contributed by atoms with Crippen LogP contribution in [0.25, 0.3) is 0 Å². The Morgan fingerprint density at radius 3 is 2.79 bits per heavy atom. The number of aryl methyl sites for hydroxylation is 1. The number of amides is 1. The van der Waals surface area contributed by atoms with E-state index in [4.69, 9.17) is 11.6 Å². The molecule has 1 N–H and O–H groups in total. The number of benzene rings is 1. The summed E-state index contributed by atoms with van der Waals surface area (Å²) < 4.78 is 0. The molecule has 102 valence electrons. The molecule has 1 aromatic carbocycles. The Hall–Kier alpha value is -1.62. The maximum absolute atomic E-state index is 12.0. The lowest BCUT2D eigenvalue weighted by atomic mass is 10.1. The Morgan fingerprint density at radius 1 is 1.58 bits per heavy atom. The number of alkyl halides is 1. The Labute approximate surface area is 116 Å². The van der Waals surface area contributed by atoms with E-state index < -0.39 is 4.92 Å². The second-order valence-corrected chi connectivity index (χ2v) is 5.38. The molecule has 1 amide bonds. The predicted molar refractivity (Wildman–Crippen MR) is 72.5 cm³/mol. The molecule has 0 aromatic heterocycles. The number of nitro benzene ring substituents is 1. The second-order valence-electron chi connectivity index (χ2n) is 4.82. The number of non-ortho nitro benzene ring substituents is 1. The first-order valence-corrected chi connectivity index (χ1v) is 6.60. The summed E-state index contributed by atoms with van der Waals surface area (Å²) in [6.07, 6.45) is 2.25. The van der Waals surface area contributed by atoms with Crippen LogP contribution in [-0.2, 0) is 0 Å². The third-order valence-corrected chi connectivity index (χ3v) is 3.77. The molecular formula is C13H15ClN2O3. The Morgan fingerprint density at radius 2 is 2.26 bits per heavy atom. The van der Waals surface area contributed by atoms with Gasteiger partial charge in [0.05, 0.1) is 10.3 Å². The molecule has 1 aliphatic carbocycles. The van der Waals surface area contributed by atoms with Crippen molar-refractivity contribution in [3.63, 3.8) is 0 Å². The molecule has 0 radical (unpaired) electrons. The largest absolute Gasteiger partial charge is 0.351 e. The summed E-state index contributed by atoms with van der Waals surface area (Å²) in [5.41, 5.74) is 1.02. The number of nitro groups is 1. The fraction of sp³-hybridized carbons (Fsp3) is 0.462. The summed E-state index contributed by atoms with van der Waals surface area (Å²) in [7, 11) is 0. The zero-order valence-electron chi connectivity index (χ0n) is 10.6. The lowest BCUT2D eigenvalue weighted by Gasteiger charge is -2.11. The summed E-state index contributed by atoms with van der Waals surface area (Å²) >= 11 is 6.11. The van der Waals surface area contributed by atoms with Crippen LogP contribution in [0.2, 0.25) is 0 Å². The van der Waals surface area contributed by atoms with Gasteiger partial charge in [0.15, 0.2) is 0 Å². The minimum Gasteiger partial charge on any atom is -0.351 e. The van der Waals surface area contributed by atoms with Gasteiger partial charge in [-0.15, -0.1) is 11.6 Å². The summed E-state index contributed by atoms with van der Waals surface area (Å²) in [4.78, 5) is 22.1. The molecule has 0 bridgehead atoms. The van der Waals surface area contributed by atoms with Gasteiger partial charge in [-0.05, 0) is 37.3 Å². The molecule has 1 atom stereocenters. The lowest BCUT2D eigenvalue weighted by Crippen LogP contribution is -2.31. The first-order chi connectivity index (χ1) is 8.99. The predicted octanol–water partition coefficient (Wildman–Crippen LogP) is 2.65. The van der Waals surface area contributed by atoms with Crippen molar-refractivity contribution in [3.8, 4) is 0 Å². The van der Waals surface area contributed by atoms with E-state index in [1.807, 2.05) is 0 Å². The van der Waals surface area contributed by atoms with Crippen molar-refractivity contribution in [1.82, 2.24) is 5.32 Å². The average molecular weight is 283 g/mol. The molecule has 5 nitrogen and oxygen atoms in total. The number of rotatable bonds is 5. The number of hydrogen-bond acceptors (Lipinski definition) is 3. The summed E-state index contributed by atoms with van der Waals surface area (Å²) in [5.74, 6) is 0.277. The van der Waals surface area contributed by atoms with Gasteiger partial charge in [0.1, 0.15) is 0 Å². The Balaban J connectivity index is 2.00. The van der Waals surface area contributed by atoms with Gasteiger partial charge in [-0.1, -0.05) is 0 Å². The smallest absolute Gasteiger partial charge is 0.269 e. The maximum Gasteiger partial charge on any atom is 0.269 e. The highest BCUT2D eigenvalue weighted by Gasteiger charge is 2.29. The lowest BCUT2D eigenvalue weighted by molar-refractivity contribution is -0.384. The van der Waals surface area contributed by atoms with Crippen LogP contribution in [0.3, 0.4) is 0 Å². The molecule has 2 rings (SSSR count). The molecule has 1 fully saturated rings. The quantitative estimate of drug-likeness (QED) is 0.513. The van der Waals surface area contributed by atoms with Crippen molar-refractivity contribution in [2.45, 2.75) is 25.1 Å². The highest BCUT2D eigenvalue weighted by molar-refractivity contribution is 6.21. The molecule has 0 heterocycles. The van der Waals surface area contributed by atoms with E-state index in [0.717, 1.165) is 12.8 Å². The SMILES string of the molecule is Cc1cc([N+](=O)[O-])ccc1C(=O)NCC(Cl)C1CC1. The van der Waals surface area contributed by atoms with E-state index in [2.05, 4.69) is 5.32 Å². The van der Waals surface area contributed by atoms with E-state index in [1.54, 1.807) is 6.92 Å². The van der Waals surface area contributed by atoms with Gasteiger partial charge in [0.2, 0.25) is 0 Å². The van der Waals surface area contributed by atoms with Gasteiger partial charge in [0.25, 0.3) is 11.6 Å². The number of halogens is 1. The minimum atomic E-state index is -0.476. The van der Waals surface area contributed by atoms with Gasteiger partial charge >= 0.3 is 0 Å². The van der Waals surface area contributed by atoms with Crippen LogP contribution in [0.5, 0.6) is 0 Å². The molecule has 1 aromatic rings. The van der Waals surface area contributed by atoms with Crippen LogP contribution in [-0.4, -0.2) is 22.8 Å². The third kappa shape index (κ3) is 3.44. The number of hydrogen-bond donors (Lipinski definition) is 1. The van der Waals surface area contributed by atoms with E-state index >= 15 is 0 Å². The molecule has 19 heavy (non-hydrogen) atoms. The van der Waals surface area contributed by atoms with E-state index in [1.165, 1.54) is 18.2 Å². The van der Waals surface area contributed by atoms with Crippen LogP contribution in [0.4, 0.5) is 5.69 Å². The molecule has 6 heteroatoms. The summed E-state index contributed by atoms with van der Waals surface area (Å²) in [6.45, 7) is 2.11. The first kappa shape index (κ1) is 13.8. The monoisotopic (exact) mass is 282 g/mol. The summed E-state index contributed by atoms with van der Waals surface area (Å²) in [5, 5.41) is 13.4. The third-order valence-electron chi connectivity index (χ3n) is 3.26. The Bertz CT molecular complexity index is 515. The average Bonchev–Trinajstić information content (AvgIpc) is 3.19. The zero-order valence-corrected chi connectivity index (χ0v) is 11.3. The van der Waals surface area contributed by atoms with Gasteiger partial charge < -0.3 is 5.32 Å². The van der Waals surface area contributed by atoms with Gasteiger partial charge in [-0.3, -0.25) is 14.9 Å². The molecule has 0 spiro atoms. The van der Waals surface area contributed by atoms with Gasteiger partial charge in [-0.2, -0.15) is 0 Å². The van der Waals surface area contributed by atoms with Gasteiger partial charge in [0, 0.05) is 24.2 Å². The number of carbonyl (C=O) groups is 1. The van der Waals surface area contributed by atoms with E-state index in [-0.39, 0.29) is 17.0 Å². The number of carbonyl (C=O) groups excluding carboxylic acids is 1. The number of nitrogens with one attached hydrogen (secondary N) is 1. The van der Waals surface area contributed by atoms with Crippen molar-refractivity contribution in [2.75, 3.05) is 6.54 Å². The van der Waals surface area contributed by atoms with Crippen molar-refractivity contribution in [1.29, 1.82) is 0 Å². The van der Waals surface area contributed by atoms with E-state index in [9.17, 15) is 14.9 Å². The van der Waals surface area contributed by atoms with Crippen molar-refractivity contribution in [3.05, 3.63) is 39.4 Å². The molecule has 1 saturated carbocycles. The fourth-order valence-corrected chi connectivity index (χ4v) is 2.26. The van der Waals surface area contributed by atoms with Crippen LogP contribution in [0, 0.1) is 23.0 Å². The first-order valence-electron chi connectivity index (χ1n) is 6.16. The minimum absolute atomic E-state index is 0.0118. The fourth-order valence-electron chi connectivity index (χ4n) is 1.93. The molecule has 0 aliphatic heterocycles.